The number of esters is 1. The summed E-state index contributed by atoms with van der Waals surface area (Å²) in [5.74, 6) is -0.753. The van der Waals surface area contributed by atoms with Crippen LogP contribution in [0, 0.1) is 12.7 Å². The average Bonchev–Trinajstić information content (AvgIpc) is 2.74. The summed E-state index contributed by atoms with van der Waals surface area (Å²) in [4.78, 5) is 12.1. The van der Waals surface area contributed by atoms with Crippen LogP contribution in [0.15, 0.2) is 29.6 Å². The molecule has 0 saturated carbocycles. The third-order valence-corrected chi connectivity index (χ3v) is 3.45. The number of thiophene rings is 1. The summed E-state index contributed by atoms with van der Waals surface area (Å²) in [5, 5.41) is 1.73. The first-order valence-electron chi connectivity index (χ1n) is 5.33. The van der Waals surface area contributed by atoms with Crippen LogP contribution in [0.4, 0.5) is 10.1 Å². The third kappa shape index (κ3) is 2.68. The normalized spacial score (nSPS) is 10.3. The van der Waals surface area contributed by atoms with Crippen molar-refractivity contribution in [3.8, 4) is 0 Å². The van der Waals surface area contributed by atoms with E-state index in [1.54, 1.807) is 24.4 Å². The fourth-order valence-electron chi connectivity index (χ4n) is 1.52. The Morgan fingerprint density at radius 1 is 1.44 bits per heavy atom. The maximum absolute atomic E-state index is 12.9. The molecule has 0 spiro atoms. The molecule has 0 radical (unpaired) electrons. The second-order valence-electron chi connectivity index (χ2n) is 3.85. The summed E-state index contributed by atoms with van der Waals surface area (Å²) < 4.78 is 18.0. The third-order valence-electron chi connectivity index (χ3n) is 2.54. The molecule has 3 nitrogen and oxygen atoms in total. The molecule has 0 bridgehead atoms. The number of carbonyl (C=O) groups excluding carboxylic acids is 1. The molecular weight excluding hydrogens is 253 g/mol. The Labute approximate surface area is 108 Å². The highest BCUT2D eigenvalue weighted by Crippen LogP contribution is 2.20. The molecule has 0 saturated heterocycles. The van der Waals surface area contributed by atoms with Gasteiger partial charge in [-0.05, 0) is 41.6 Å². The van der Waals surface area contributed by atoms with Crippen molar-refractivity contribution in [1.82, 2.24) is 0 Å². The van der Waals surface area contributed by atoms with Crippen molar-refractivity contribution in [2.24, 2.45) is 0 Å². The van der Waals surface area contributed by atoms with Gasteiger partial charge in [0.05, 0.1) is 5.69 Å². The molecule has 2 N–H and O–H groups in total. The van der Waals surface area contributed by atoms with E-state index in [4.69, 9.17) is 10.5 Å². The van der Waals surface area contributed by atoms with Gasteiger partial charge in [0.15, 0.2) is 0 Å². The fourth-order valence-corrected chi connectivity index (χ4v) is 2.23. The topological polar surface area (TPSA) is 52.3 Å². The Morgan fingerprint density at radius 2 is 2.22 bits per heavy atom. The van der Waals surface area contributed by atoms with Crippen LogP contribution in [-0.4, -0.2) is 5.97 Å². The van der Waals surface area contributed by atoms with Gasteiger partial charge in [0.1, 0.15) is 17.3 Å². The molecule has 18 heavy (non-hydrogen) atoms. The van der Waals surface area contributed by atoms with Crippen molar-refractivity contribution in [3.63, 3.8) is 0 Å². The molecule has 1 aromatic heterocycles. The van der Waals surface area contributed by atoms with E-state index in [1.807, 2.05) is 0 Å². The van der Waals surface area contributed by atoms with Crippen molar-refractivity contribution >= 4 is 23.0 Å². The van der Waals surface area contributed by atoms with Gasteiger partial charge < -0.3 is 10.5 Å². The number of carbonyl (C=O) groups is 1. The van der Waals surface area contributed by atoms with Crippen molar-refractivity contribution in [2.75, 3.05) is 5.73 Å². The summed E-state index contributed by atoms with van der Waals surface area (Å²) in [6.07, 6.45) is 0. The predicted molar refractivity (Wildman–Crippen MR) is 69.0 cm³/mol. The monoisotopic (exact) mass is 265 g/mol. The quantitative estimate of drug-likeness (QED) is 0.867. The number of hydrogen-bond acceptors (Lipinski definition) is 4. The van der Waals surface area contributed by atoms with E-state index in [1.165, 1.54) is 23.5 Å². The van der Waals surface area contributed by atoms with E-state index in [0.717, 1.165) is 11.1 Å². The number of anilines is 1. The summed E-state index contributed by atoms with van der Waals surface area (Å²) in [7, 11) is 0. The second kappa shape index (κ2) is 5.18. The van der Waals surface area contributed by atoms with Gasteiger partial charge in [0, 0.05) is 0 Å². The molecule has 2 rings (SSSR count). The minimum atomic E-state index is -0.453. The first-order valence-corrected chi connectivity index (χ1v) is 6.21. The van der Waals surface area contributed by atoms with Crippen molar-refractivity contribution in [3.05, 3.63) is 51.5 Å². The molecule has 0 aliphatic rings. The van der Waals surface area contributed by atoms with E-state index >= 15 is 0 Å². The summed E-state index contributed by atoms with van der Waals surface area (Å²) in [5.41, 5.74) is 7.57. The molecule has 1 aromatic carbocycles. The van der Waals surface area contributed by atoms with E-state index in [2.05, 4.69) is 0 Å². The average molecular weight is 265 g/mol. The zero-order valence-electron chi connectivity index (χ0n) is 9.77. The number of nitrogens with two attached hydrogens (primary N) is 1. The number of ether oxygens (including phenoxy) is 1. The van der Waals surface area contributed by atoms with Gasteiger partial charge in [-0.25, -0.2) is 9.18 Å². The molecule has 0 amide bonds. The highest BCUT2D eigenvalue weighted by molar-refractivity contribution is 7.12. The van der Waals surface area contributed by atoms with Crippen LogP contribution in [0.3, 0.4) is 0 Å². The zero-order valence-corrected chi connectivity index (χ0v) is 10.6. The van der Waals surface area contributed by atoms with E-state index < -0.39 is 5.97 Å². The van der Waals surface area contributed by atoms with Crippen molar-refractivity contribution in [2.45, 2.75) is 13.5 Å². The molecule has 94 valence electrons. The van der Waals surface area contributed by atoms with Gasteiger partial charge in [-0.1, -0.05) is 6.07 Å². The van der Waals surface area contributed by atoms with Crippen LogP contribution in [-0.2, 0) is 11.3 Å². The van der Waals surface area contributed by atoms with E-state index in [-0.39, 0.29) is 12.4 Å². The molecule has 0 fully saturated rings. The Morgan fingerprint density at radius 3 is 2.83 bits per heavy atom. The number of halogens is 1. The first-order chi connectivity index (χ1) is 8.58. The van der Waals surface area contributed by atoms with Crippen LogP contribution in [0.1, 0.15) is 20.8 Å². The maximum atomic E-state index is 12.9. The Bertz CT molecular complexity index is 580. The summed E-state index contributed by atoms with van der Waals surface area (Å²) in [6, 6.07) is 6.01. The van der Waals surface area contributed by atoms with E-state index in [0.29, 0.717) is 10.6 Å². The van der Waals surface area contributed by atoms with Gasteiger partial charge in [-0.15, -0.1) is 11.3 Å². The second-order valence-corrected chi connectivity index (χ2v) is 4.77. The number of rotatable bonds is 3. The van der Waals surface area contributed by atoms with Crippen molar-refractivity contribution < 1.29 is 13.9 Å². The van der Waals surface area contributed by atoms with Crippen LogP contribution < -0.4 is 5.73 Å². The number of aryl methyl sites for hydroxylation is 1. The number of hydrogen-bond donors (Lipinski definition) is 1. The molecule has 5 heteroatoms. The summed E-state index contributed by atoms with van der Waals surface area (Å²) in [6.45, 7) is 1.88. The lowest BCUT2D eigenvalue weighted by atomic mass is 10.1. The maximum Gasteiger partial charge on any atom is 0.350 e. The Balaban J connectivity index is 2.04. The molecule has 0 aliphatic carbocycles. The smallest absolute Gasteiger partial charge is 0.350 e. The molecule has 2 aromatic rings. The molecule has 0 atom stereocenters. The lowest BCUT2D eigenvalue weighted by Gasteiger charge is -2.07. The van der Waals surface area contributed by atoms with Crippen LogP contribution in [0.5, 0.6) is 0 Å². The fraction of sp³-hybridized carbons (Fsp3) is 0.154. The Hall–Kier alpha value is -1.88. The van der Waals surface area contributed by atoms with Crippen molar-refractivity contribution in [1.29, 1.82) is 0 Å². The highest BCUT2D eigenvalue weighted by atomic mass is 32.1. The largest absolute Gasteiger partial charge is 0.457 e. The van der Waals surface area contributed by atoms with Crippen LogP contribution >= 0.6 is 11.3 Å². The van der Waals surface area contributed by atoms with Crippen LogP contribution in [0.25, 0.3) is 0 Å². The van der Waals surface area contributed by atoms with Crippen LogP contribution in [0.2, 0.25) is 0 Å². The number of benzene rings is 1. The van der Waals surface area contributed by atoms with Gasteiger partial charge in [0.2, 0.25) is 0 Å². The Kier molecular flexibility index (Phi) is 3.62. The lowest BCUT2D eigenvalue weighted by molar-refractivity contribution is 0.0479. The predicted octanol–water partition coefficient (Wildman–Crippen LogP) is 3.13. The SMILES string of the molecule is Cc1cc(F)ccc1COC(=O)c1sccc1N. The minimum Gasteiger partial charge on any atom is -0.457 e. The van der Waals surface area contributed by atoms with E-state index in [9.17, 15) is 9.18 Å². The highest BCUT2D eigenvalue weighted by Gasteiger charge is 2.13. The van der Waals surface area contributed by atoms with Gasteiger partial charge in [0.25, 0.3) is 0 Å². The standard InChI is InChI=1S/C13H12FNO2S/c1-8-6-10(14)3-2-9(8)7-17-13(16)12-11(15)4-5-18-12/h2-6H,7,15H2,1H3. The lowest BCUT2D eigenvalue weighted by Crippen LogP contribution is -2.06. The van der Waals surface area contributed by atoms with Gasteiger partial charge in [-0.2, -0.15) is 0 Å². The zero-order chi connectivity index (χ0) is 13.1. The van der Waals surface area contributed by atoms with Gasteiger partial charge in [-0.3, -0.25) is 0 Å². The van der Waals surface area contributed by atoms with Gasteiger partial charge >= 0.3 is 5.97 Å². The molecule has 0 unspecified atom stereocenters. The molecule has 1 heterocycles. The summed E-state index contributed by atoms with van der Waals surface area (Å²) >= 11 is 1.24. The first kappa shape index (κ1) is 12.6. The minimum absolute atomic E-state index is 0.113. The molecule has 0 aliphatic heterocycles. The molecular formula is C13H12FNO2S. The number of nitrogen functional groups attached to an aromatic ring is 1.